The Labute approximate surface area is 114 Å². The van der Waals surface area contributed by atoms with Crippen LogP contribution in [0.2, 0.25) is 0 Å². The third-order valence-electron chi connectivity index (χ3n) is 3.77. The summed E-state index contributed by atoms with van der Waals surface area (Å²) < 4.78 is 0. The fourth-order valence-electron chi connectivity index (χ4n) is 2.74. The van der Waals surface area contributed by atoms with Crippen LogP contribution >= 0.6 is 0 Å². The second-order valence-corrected chi connectivity index (χ2v) is 5.10. The highest BCUT2D eigenvalue weighted by Gasteiger charge is 2.05. The van der Waals surface area contributed by atoms with Crippen LogP contribution in [0.15, 0.2) is 48.7 Å². The Morgan fingerprint density at radius 2 is 1.74 bits per heavy atom. The molecule has 1 nitrogen and oxygen atoms in total. The topological polar surface area (TPSA) is 12.9 Å². The quantitative estimate of drug-likeness (QED) is 0.462. The molecule has 0 saturated carbocycles. The molecule has 19 heavy (non-hydrogen) atoms. The highest BCUT2D eigenvalue weighted by Crippen LogP contribution is 2.27. The molecule has 0 spiro atoms. The molecule has 0 bridgehead atoms. The summed E-state index contributed by atoms with van der Waals surface area (Å²) in [6.07, 6.45) is 6.81. The van der Waals surface area contributed by atoms with E-state index in [0.717, 1.165) is 6.42 Å². The Kier molecular flexibility index (Phi) is 3.45. The lowest BCUT2D eigenvalue weighted by atomic mass is 10.00. The molecule has 0 aliphatic rings. The van der Waals surface area contributed by atoms with Gasteiger partial charge in [0.2, 0.25) is 0 Å². The molecule has 1 heteroatoms. The second-order valence-electron chi connectivity index (χ2n) is 5.10. The van der Waals surface area contributed by atoms with Crippen molar-refractivity contribution < 1.29 is 0 Å². The molecule has 0 N–H and O–H groups in total. The summed E-state index contributed by atoms with van der Waals surface area (Å²) >= 11 is 0. The SMILES string of the molecule is CCCCCc1nccc2c1ccc1ccccc12. The van der Waals surface area contributed by atoms with Gasteiger partial charge >= 0.3 is 0 Å². The lowest BCUT2D eigenvalue weighted by Crippen LogP contribution is -1.92. The van der Waals surface area contributed by atoms with Crippen molar-refractivity contribution in [2.24, 2.45) is 0 Å². The first-order chi connectivity index (χ1) is 9.40. The highest BCUT2D eigenvalue weighted by atomic mass is 14.7. The number of rotatable bonds is 4. The van der Waals surface area contributed by atoms with Crippen LogP contribution in [0.5, 0.6) is 0 Å². The molecule has 96 valence electrons. The lowest BCUT2D eigenvalue weighted by molar-refractivity contribution is 0.710. The van der Waals surface area contributed by atoms with Crippen LogP contribution in [0.3, 0.4) is 0 Å². The summed E-state index contributed by atoms with van der Waals surface area (Å²) in [4.78, 5) is 4.59. The molecule has 0 unspecified atom stereocenters. The number of fused-ring (bicyclic) bond motifs is 3. The van der Waals surface area contributed by atoms with Crippen LogP contribution in [-0.2, 0) is 6.42 Å². The van der Waals surface area contributed by atoms with Crippen molar-refractivity contribution in [3.05, 3.63) is 54.4 Å². The molecular weight excluding hydrogens is 230 g/mol. The van der Waals surface area contributed by atoms with Crippen molar-refractivity contribution in [2.45, 2.75) is 32.6 Å². The molecule has 0 fully saturated rings. The zero-order chi connectivity index (χ0) is 13.1. The van der Waals surface area contributed by atoms with E-state index in [1.165, 1.54) is 46.5 Å². The minimum absolute atomic E-state index is 1.09. The van der Waals surface area contributed by atoms with Crippen LogP contribution in [0.4, 0.5) is 0 Å². The summed E-state index contributed by atoms with van der Waals surface area (Å²) in [6, 6.07) is 15.2. The van der Waals surface area contributed by atoms with Gasteiger partial charge in [-0.05, 0) is 35.1 Å². The smallest absolute Gasteiger partial charge is 0.0482 e. The number of aromatic nitrogens is 1. The molecule has 3 rings (SSSR count). The maximum atomic E-state index is 4.59. The van der Waals surface area contributed by atoms with Gasteiger partial charge in [-0.25, -0.2) is 0 Å². The molecule has 1 aromatic heterocycles. The summed E-state index contributed by atoms with van der Waals surface area (Å²) in [7, 11) is 0. The zero-order valence-corrected chi connectivity index (χ0v) is 11.4. The van der Waals surface area contributed by atoms with Crippen LogP contribution in [0.25, 0.3) is 21.5 Å². The molecular formula is C18H19N. The maximum Gasteiger partial charge on any atom is 0.0482 e. The van der Waals surface area contributed by atoms with E-state index < -0.39 is 0 Å². The molecule has 1 heterocycles. The third kappa shape index (κ3) is 2.33. The van der Waals surface area contributed by atoms with Crippen molar-refractivity contribution in [1.29, 1.82) is 0 Å². The van der Waals surface area contributed by atoms with Gasteiger partial charge in [0.25, 0.3) is 0 Å². The van der Waals surface area contributed by atoms with E-state index in [1.807, 2.05) is 6.20 Å². The molecule has 2 aromatic carbocycles. The fourth-order valence-corrected chi connectivity index (χ4v) is 2.74. The number of nitrogens with zero attached hydrogens (tertiary/aromatic N) is 1. The van der Waals surface area contributed by atoms with Gasteiger partial charge in [-0.2, -0.15) is 0 Å². The van der Waals surface area contributed by atoms with Crippen LogP contribution < -0.4 is 0 Å². The molecule has 0 atom stereocenters. The van der Waals surface area contributed by atoms with Gasteiger partial charge in [0, 0.05) is 17.3 Å². The maximum absolute atomic E-state index is 4.59. The van der Waals surface area contributed by atoms with Crippen molar-refractivity contribution in [3.8, 4) is 0 Å². The second kappa shape index (κ2) is 5.40. The normalized spacial score (nSPS) is 11.2. The van der Waals surface area contributed by atoms with Crippen molar-refractivity contribution in [3.63, 3.8) is 0 Å². The van der Waals surface area contributed by atoms with Gasteiger partial charge in [-0.15, -0.1) is 0 Å². The first kappa shape index (κ1) is 12.2. The number of hydrogen-bond donors (Lipinski definition) is 0. The summed E-state index contributed by atoms with van der Waals surface area (Å²) in [5.41, 5.74) is 1.25. The molecule has 0 radical (unpaired) electrons. The summed E-state index contributed by atoms with van der Waals surface area (Å²) in [5.74, 6) is 0. The van der Waals surface area contributed by atoms with E-state index in [4.69, 9.17) is 0 Å². The molecule has 0 aliphatic carbocycles. The average molecular weight is 249 g/mol. The summed E-state index contributed by atoms with van der Waals surface area (Å²) in [6.45, 7) is 2.24. The van der Waals surface area contributed by atoms with E-state index in [0.29, 0.717) is 0 Å². The monoisotopic (exact) mass is 249 g/mol. The average Bonchev–Trinajstić information content (AvgIpc) is 2.47. The van der Waals surface area contributed by atoms with Crippen molar-refractivity contribution >= 4 is 21.5 Å². The Morgan fingerprint density at radius 1 is 0.842 bits per heavy atom. The van der Waals surface area contributed by atoms with E-state index in [-0.39, 0.29) is 0 Å². The third-order valence-corrected chi connectivity index (χ3v) is 3.77. The minimum atomic E-state index is 1.09. The van der Waals surface area contributed by atoms with E-state index in [2.05, 4.69) is 54.4 Å². The van der Waals surface area contributed by atoms with Gasteiger partial charge in [0.05, 0.1) is 0 Å². The Bertz CT molecular complexity index is 700. The van der Waals surface area contributed by atoms with Crippen LogP contribution in [0.1, 0.15) is 31.9 Å². The highest BCUT2D eigenvalue weighted by molar-refractivity contribution is 6.07. The first-order valence-electron chi connectivity index (χ1n) is 7.15. The van der Waals surface area contributed by atoms with E-state index in [1.54, 1.807) is 0 Å². The predicted octanol–water partition coefficient (Wildman–Crippen LogP) is 5.12. The van der Waals surface area contributed by atoms with E-state index >= 15 is 0 Å². The van der Waals surface area contributed by atoms with Gasteiger partial charge in [0.15, 0.2) is 0 Å². The van der Waals surface area contributed by atoms with Gasteiger partial charge in [0.1, 0.15) is 0 Å². The molecule has 0 saturated heterocycles. The van der Waals surface area contributed by atoms with Crippen molar-refractivity contribution in [1.82, 2.24) is 4.98 Å². The zero-order valence-electron chi connectivity index (χ0n) is 11.4. The van der Waals surface area contributed by atoms with Crippen LogP contribution in [-0.4, -0.2) is 4.98 Å². The fraction of sp³-hybridized carbons (Fsp3) is 0.278. The number of unbranched alkanes of at least 4 members (excludes halogenated alkanes) is 2. The lowest BCUT2D eigenvalue weighted by Gasteiger charge is -2.08. The number of pyridine rings is 1. The molecule has 3 aromatic rings. The Morgan fingerprint density at radius 3 is 2.63 bits per heavy atom. The largest absolute Gasteiger partial charge is 0.261 e. The number of benzene rings is 2. The van der Waals surface area contributed by atoms with Gasteiger partial charge in [-0.3, -0.25) is 4.98 Å². The summed E-state index contributed by atoms with van der Waals surface area (Å²) in [5, 5.41) is 5.29. The molecule has 0 aliphatic heterocycles. The Balaban J connectivity index is 2.12. The van der Waals surface area contributed by atoms with Crippen LogP contribution in [0, 0.1) is 0 Å². The Hall–Kier alpha value is -1.89. The number of aryl methyl sites for hydroxylation is 1. The van der Waals surface area contributed by atoms with Gasteiger partial charge in [-0.1, -0.05) is 56.2 Å². The van der Waals surface area contributed by atoms with E-state index in [9.17, 15) is 0 Å². The van der Waals surface area contributed by atoms with Crippen molar-refractivity contribution in [2.75, 3.05) is 0 Å². The predicted molar refractivity (Wildman–Crippen MR) is 82.5 cm³/mol. The van der Waals surface area contributed by atoms with Gasteiger partial charge < -0.3 is 0 Å². The standard InChI is InChI=1S/C18H19N/c1-2-3-4-9-18-17-11-10-14-7-5-6-8-15(14)16(17)12-13-19-18/h5-8,10-13H,2-4,9H2,1H3. The number of hydrogen-bond acceptors (Lipinski definition) is 1. The molecule has 0 amide bonds. The first-order valence-corrected chi connectivity index (χ1v) is 7.15. The minimum Gasteiger partial charge on any atom is -0.261 e.